The molecule has 0 spiro atoms. The smallest absolute Gasteiger partial charge is 0.330 e. The maximum Gasteiger partial charge on any atom is 0.330 e. The van der Waals surface area contributed by atoms with Crippen molar-refractivity contribution in [1.82, 2.24) is 9.55 Å². The van der Waals surface area contributed by atoms with Crippen LogP contribution in [-0.4, -0.2) is 52.7 Å². The largest absolute Gasteiger partial charge is 0.463 e. The molecule has 11 heteroatoms. The molecule has 0 saturated carbocycles. The summed E-state index contributed by atoms with van der Waals surface area (Å²) in [7, 11) is -1.59. The summed E-state index contributed by atoms with van der Waals surface area (Å²) in [4.78, 5) is 49.3. The van der Waals surface area contributed by atoms with E-state index in [4.69, 9.17) is 14.2 Å². The standard InChI is InChI=1S/C21H33BrN2O7Si/c1-6-32(7-2,8-3)12-10-21(13-29-14(4)25)18(30-15(5)26)17(22)19(31-21)24-11-9-16(27)23-20(24)28/h9,11,17-19H,6-8,10,12-13H2,1-5H3,(H,23,27,28)/t17-,18+,19-,21-/m1/s1. The van der Waals surface area contributed by atoms with Gasteiger partial charge in [0.25, 0.3) is 5.56 Å². The molecule has 1 aliphatic heterocycles. The molecule has 2 rings (SSSR count). The minimum atomic E-state index is -1.59. The molecule has 0 radical (unpaired) electrons. The van der Waals surface area contributed by atoms with E-state index in [1.54, 1.807) is 0 Å². The Morgan fingerprint density at radius 3 is 2.31 bits per heavy atom. The SMILES string of the molecule is CC[Si](CC)(CC)CC[C@]1(COC(C)=O)O[C@@H](n2ccc(=O)[nH]c2=O)[C@H](Br)[C@@H]1OC(C)=O. The van der Waals surface area contributed by atoms with Crippen molar-refractivity contribution < 1.29 is 23.8 Å². The zero-order valence-electron chi connectivity index (χ0n) is 19.3. The Labute approximate surface area is 197 Å². The van der Waals surface area contributed by atoms with Gasteiger partial charge >= 0.3 is 17.6 Å². The lowest BCUT2D eigenvalue weighted by Gasteiger charge is -2.37. The maximum atomic E-state index is 12.5. The van der Waals surface area contributed by atoms with Crippen LogP contribution in [0.5, 0.6) is 0 Å². The average molecular weight is 533 g/mol. The summed E-state index contributed by atoms with van der Waals surface area (Å²) in [6, 6.07) is 5.41. The van der Waals surface area contributed by atoms with E-state index in [-0.39, 0.29) is 6.61 Å². The van der Waals surface area contributed by atoms with Crippen LogP contribution in [0.1, 0.15) is 47.3 Å². The molecular formula is C21H33BrN2O7Si. The fourth-order valence-electron chi connectivity index (χ4n) is 4.37. The van der Waals surface area contributed by atoms with E-state index in [1.807, 2.05) is 0 Å². The van der Waals surface area contributed by atoms with Crippen LogP contribution in [0, 0.1) is 0 Å². The second-order valence-corrected chi connectivity index (χ2v) is 15.1. The third kappa shape index (κ3) is 5.79. The zero-order chi connectivity index (χ0) is 24.1. The molecule has 1 aromatic rings. The van der Waals surface area contributed by atoms with Gasteiger partial charge < -0.3 is 14.2 Å². The second-order valence-electron chi connectivity index (χ2n) is 8.41. The molecule has 4 atom stereocenters. The number of nitrogens with one attached hydrogen (secondary N) is 1. The van der Waals surface area contributed by atoms with Gasteiger partial charge in [0.05, 0.1) is 12.9 Å². The Morgan fingerprint density at radius 2 is 1.81 bits per heavy atom. The number of esters is 2. The molecule has 0 aromatic carbocycles. The number of H-pyrrole nitrogens is 1. The number of hydrogen-bond acceptors (Lipinski definition) is 7. The van der Waals surface area contributed by atoms with Gasteiger partial charge in [-0.3, -0.25) is 23.9 Å². The molecule has 9 nitrogen and oxygen atoms in total. The van der Waals surface area contributed by atoms with Crippen molar-refractivity contribution >= 4 is 35.9 Å². The Kier molecular flexibility index (Phi) is 9.06. The topological polar surface area (TPSA) is 117 Å². The Balaban J connectivity index is 2.52. The van der Waals surface area contributed by atoms with Gasteiger partial charge in [-0.2, -0.15) is 0 Å². The van der Waals surface area contributed by atoms with Gasteiger partial charge in [0, 0.05) is 26.1 Å². The monoisotopic (exact) mass is 532 g/mol. The number of halogens is 1. The van der Waals surface area contributed by atoms with E-state index in [2.05, 4.69) is 41.7 Å². The van der Waals surface area contributed by atoms with Crippen molar-refractivity contribution in [2.75, 3.05) is 6.61 Å². The van der Waals surface area contributed by atoms with Gasteiger partial charge in [-0.1, -0.05) is 60.9 Å². The minimum absolute atomic E-state index is 0.112. The van der Waals surface area contributed by atoms with Crippen molar-refractivity contribution in [3.8, 4) is 0 Å². The van der Waals surface area contributed by atoms with Crippen LogP contribution >= 0.6 is 15.9 Å². The second kappa shape index (κ2) is 10.9. The number of ether oxygens (including phenoxy) is 3. The van der Waals surface area contributed by atoms with Crippen LogP contribution < -0.4 is 11.2 Å². The molecule has 0 unspecified atom stereocenters. The number of hydrogen-bond donors (Lipinski definition) is 1. The number of aromatic nitrogens is 2. The normalized spacial score (nSPS) is 25.5. The number of nitrogens with zero attached hydrogens (tertiary/aromatic N) is 1. The van der Waals surface area contributed by atoms with E-state index < -0.39 is 54.0 Å². The van der Waals surface area contributed by atoms with Gasteiger partial charge in [-0.25, -0.2) is 4.79 Å². The molecule has 2 heterocycles. The summed E-state index contributed by atoms with van der Waals surface area (Å²) in [6.45, 7) is 9.10. The first kappa shape index (κ1) is 26.5. The lowest BCUT2D eigenvalue weighted by molar-refractivity contribution is -0.176. The maximum absolute atomic E-state index is 12.5. The number of carbonyl (C=O) groups is 2. The van der Waals surface area contributed by atoms with Crippen LogP contribution in [0.15, 0.2) is 21.9 Å². The molecule has 32 heavy (non-hydrogen) atoms. The third-order valence-electron chi connectivity index (χ3n) is 6.70. The number of alkyl halides is 1. The van der Waals surface area contributed by atoms with E-state index in [9.17, 15) is 19.2 Å². The first-order valence-electron chi connectivity index (χ1n) is 11.0. The summed E-state index contributed by atoms with van der Waals surface area (Å²) in [5.41, 5.74) is -2.30. The van der Waals surface area contributed by atoms with Crippen LogP contribution in [0.2, 0.25) is 24.2 Å². The molecule has 1 fully saturated rings. The summed E-state index contributed by atoms with van der Waals surface area (Å²) < 4.78 is 18.7. The van der Waals surface area contributed by atoms with Crippen molar-refractivity contribution in [1.29, 1.82) is 0 Å². The first-order valence-corrected chi connectivity index (χ1v) is 14.7. The van der Waals surface area contributed by atoms with E-state index in [0.29, 0.717) is 6.42 Å². The van der Waals surface area contributed by atoms with Crippen molar-refractivity contribution in [2.45, 2.75) is 88.0 Å². The molecule has 180 valence electrons. The molecule has 1 aliphatic rings. The molecular weight excluding hydrogens is 500 g/mol. The Bertz CT molecular complexity index is 921. The minimum Gasteiger partial charge on any atom is -0.463 e. The van der Waals surface area contributed by atoms with Crippen molar-refractivity contribution in [2.24, 2.45) is 0 Å². The van der Waals surface area contributed by atoms with Crippen LogP contribution in [-0.2, 0) is 23.8 Å². The number of aromatic amines is 1. The highest BCUT2D eigenvalue weighted by Gasteiger charge is 2.58. The van der Waals surface area contributed by atoms with Gasteiger partial charge in [-0.15, -0.1) is 0 Å². The average Bonchev–Trinajstić information content (AvgIpc) is 3.00. The van der Waals surface area contributed by atoms with Gasteiger partial charge in [0.15, 0.2) is 12.3 Å². The van der Waals surface area contributed by atoms with E-state index >= 15 is 0 Å². The predicted octanol–water partition coefficient (Wildman–Crippen LogP) is 2.96. The van der Waals surface area contributed by atoms with Crippen molar-refractivity contribution in [3.63, 3.8) is 0 Å². The Morgan fingerprint density at radius 1 is 1.19 bits per heavy atom. The molecule has 1 saturated heterocycles. The molecule has 0 amide bonds. The summed E-state index contributed by atoms with van der Waals surface area (Å²) >= 11 is 3.56. The van der Waals surface area contributed by atoms with E-state index in [0.717, 1.165) is 24.2 Å². The first-order chi connectivity index (χ1) is 15.0. The highest BCUT2D eigenvalue weighted by atomic mass is 79.9. The zero-order valence-corrected chi connectivity index (χ0v) is 21.9. The quantitative estimate of drug-likeness (QED) is 0.279. The summed E-state index contributed by atoms with van der Waals surface area (Å²) in [5.74, 6) is -0.981. The fraction of sp³-hybridized carbons (Fsp3) is 0.714. The molecule has 1 N–H and O–H groups in total. The molecule has 0 aliphatic carbocycles. The summed E-state index contributed by atoms with van der Waals surface area (Å²) in [6.07, 6.45) is 0.174. The van der Waals surface area contributed by atoms with Gasteiger partial charge in [0.2, 0.25) is 0 Å². The highest BCUT2D eigenvalue weighted by Crippen LogP contribution is 2.46. The third-order valence-corrected chi connectivity index (χ3v) is 13.4. The molecule has 0 bridgehead atoms. The number of carbonyl (C=O) groups excluding carboxylic acids is 2. The lowest BCUT2D eigenvalue weighted by Crippen LogP contribution is -2.50. The fourth-order valence-corrected chi connectivity index (χ4v) is 8.84. The van der Waals surface area contributed by atoms with Crippen LogP contribution in [0.3, 0.4) is 0 Å². The predicted molar refractivity (Wildman–Crippen MR) is 126 cm³/mol. The van der Waals surface area contributed by atoms with Gasteiger partial charge in [0.1, 0.15) is 12.2 Å². The molecule has 1 aromatic heterocycles. The van der Waals surface area contributed by atoms with Crippen LogP contribution in [0.4, 0.5) is 0 Å². The van der Waals surface area contributed by atoms with Crippen molar-refractivity contribution in [3.05, 3.63) is 33.1 Å². The summed E-state index contributed by atoms with van der Waals surface area (Å²) in [5, 5.41) is 0. The van der Waals surface area contributed by atoms with Gasteiger partial charge in [-0.05, 0) is 6.42 Å². The lowest BCUT2D eigenvalue weighted by atomic mass is 9.94. The Hall–Kier alpha value is -1.72. The van der Waals surface area contributed by atoms with E-state index in [1.165, 1.54) is 30.7 Å². The van der Waals surface area contributed by atoms with Crippen LogP contribution in [0.25, 0.3) is 0 Å². The highest BCUT2D eigenvalue weighted by molar-refractivity contribution is 9.09. The number of rotatable bonds is 10.